The number of sulfonamides is 1. The zero-order chi connectivity index (χ0) is 14.0. The molecule has 1 N–H and O–H groups in total. The van der Waals surface area contributed by atoms with E-state index in [2.05, 4.69) is 5.32 Å². The van der Waals surface area contributed by atoms with Gasteiger partial charge in [0.2, 0.25) is 10.0 Å². The molecule has 1 unspecified atom stereocenters. The maximum Gasteiger partial charge on any atom is 0.243 e. The number of rotatable bonds is 3. The molecule has 0 saturated carbocycles. The summed E-state index contributed by atoms with van der Waals surface area (Å²) in [5.41, 5.74) is 0.826. The van der Waals surface area contributed by atoms with Gasteiger partial charge in [0.25, 0.3) is 0 Å². The van der Waals surface area contributed by atoms with Crippen molar-refractivity contribution in [3.05, 3.63) is 23.8 Å². The minimum atomic E-state index is -3.40. The van der Waals surface area contributed by atoms with Crippen LogP contribution in [0.25, 0.3) is 0 Å². The van der Waals surface area contributed by atoms with E-state index in [1.54, 1.807) is 25.3 Å². The summed E-state index contributed by atoms with van der Waals surface area (Å²) in [5, 5.41) is 3.24. The third kappa shape index (κ3) is 3.44. The van der Waals surface area contributed by atoms with Crippen molar-refractivity contribution in [2.75, 3.05) is 26.7 Å². The van der Waals surface area contributed by atoms with Crippen molar-refractivity contribution in [1.29, 1.82) is 0 Å². The first-order valence-electron chi connectivity index (χ1n) is 6.33. The predicted octanol–water partition coefficient (Wildman–Crippen LogP) is 1.41. The van der Waals surface area contributed by atoms with Crippen LogP contribution in [0.3, 0.4) is 0 Å². The number of hydrogen-bond donors (Lipinski definition) is 1. The van der Waals surface area contributed by atoms with Crippen molar-refractivity contribution in [2.45, 2.75) is 24.8 Å². The first-order valence-corrected chi connectivity index (χ1v) is 7.77. The smallest absolute Gasteiger partial charge is 0.243 e. The van der Waals surface area contributed by atoms with Gasteiger partial charge >= 0.3 is 0 Å². The molecule has 0 spiro atoms. The summed E-state index contributed by atoms with van der Waals surface area (Å²) in [6.45, 7) is 5.54. The summed E-state index contributed by atoms with van der Waals surface area (Å²) in [7, 11) is -1.83. The number of aryl methyl sites for hydroxylation is 1. The second kappa shape index (κ2) is 6.76. The first kappa shape index (κ1) is 17.2. The highest BCUT2D eigenvalue weighted by atomic mass is 35.5. The van der Waals surface area contributed by atoms with E-state index >= 15 is 0 Å². The predicted molar refractivity (Wildman–Crippen MR) is 81.2 cm³/mol. The molecule has 1 aromatic rings. The van der Waals surface area contributed by atoms with Gasteiger partial charge in [-0.15, -0.1) is 12.4 Å². The minimum Gasteiger partial charge on any atom is -0.496 e. The number of nitrogens with one attached hydrogen (secondary N) is 1. The van der Waals surface area contributed by atoms with Crippen molar-refractivity contribution < 1.29 is 13.2 Å². The standard InChI is InChI=1S/C13H20N2O3S.ClH/c1-10-8-12(4-5-13(10)18-3)19(16,17)15-7-6-14-11(2)9-15;/h4-5,8,11,14H,6-7,9H2,1-3H3;1H. The third-order valence-electron chi connectivity index (χ3n) is 3.34. The Morgan fingerprint density at radius 1 is 1.40 bits per heavy atom. The summed E-state index contributed by atoms with van der Waals surface area (Å²) in [6.07, 6.45) is 0. The summed E-state index contributed by atoms with van der Waals surface area (Å²) < 4.78 is 31.8. The van der Waals surface area contributed by atoms with Crippen LogP contribution in [-0.2, 0) is 10.0 Å². The van der Waals surface area contributed by atoms with E-state index in [1.165, 1.54) is 4.31 Å². The Morgan fingerprint density at radius 3 is 2.65 bits per heavy atom. The van der Waals surface area contributed by atoms with E-state index in [9.17, 15) is 8.42 Å². The van der Waals surface area contributed by atoms with Crippen LogP contribution >= 0.6 is 12.4 Å². The Balaban J connectivity index is 0.00000200. The van der Waals surface area contributed by atoms with Gasteiger partial charge in [-0.1, -0.05) is 0 Å². The van der Waals surface area contributed by atoms with Crippen LogP contribution in [0, 0.1) is 6.92 Å². The molecule has 1 fully saturated rings. The average molecular weight is 321 g/mol. The Labute approximate surface area is 126 Å². The van der Waals surface area contributed by atoms with Crippen LogP contribution in [0.15, 0.2) is 23.1 Å². The number of ether oxygens (including phenoxy) is 1. The second-order valence-electron chi connectivity index (χ2n) is 4.85. The maximum absolute atomic E-state index is 12.5. The summed E-state index contributed by atoms with van der Waals surface area (Å²) >= 11 is 0. The molecule has 2 rings (SSSR count). The lowest BCUT2D eigenvalue weighted by Gasteiger charge is -2.31. The SMILES string of the molecule is COc1ccc(S(=O)(=O)N2CCNC(C)C2)cc1C.Cl. The van der Waals surface area contributed by atoms with Crippen LogP contribution in [-0.4, -0.2) is 45.5 Å². The van der Waals surface area contributed by atoms with Crippen LogP contribution in [0.2, 0.25) is 0 Å². The molecular weight excluding hydrogens is 300 g/mol. The number of nitrogens with zero attached hydrogens (tertiary/aromatic N) is 1. The van der Waals surface area contributed by atoms with Gasteiger partial charge in [-0.25, -0.2) is 8.42 Å². The molecule has 0 amide bonds. The largest absolute Gasteiger partial charge is 0.496 e. The Morgan fingerprint density at radius 2 is 2.10 bits per heavy atom. The molecule has 5 nitrogen and oxygen atoms in total. The maximum atomic E-state index is 12.5. The first-order chi connectivity index (χ1) is 8.95. The topological polar surface area (TPSA) is 58.6 Å². The van der Waals surface area contributed by atoms with Crippen molar-refractivity contribution in [3.8, 4) is 5.75 Å². The number of benzene rings is 1. The molecule has 114 valence electrons. The van der Waals surface area contributed by atoms with Crippen LogP contribution in [0.1, 0.15) is 12.5 Å². The normalized spacial score (nSPS) is 20.2. The lowest BCUT2D eigenvalue weighted by atomic mass is 10.2. The fraction of sp³-hybridized carbons (Fsp3) is 0.538. The van der Waals surface area contributed by atoms with Gasteiger partial charge in [-0.05, 0) is 37.6 Å². The summed E-state index contributed by atoms with van der Waals surface area (Å²) in [5.74, 6) is 0.702. The third-order valence-corrected chi connectivity index (χ3v) is 5.20. The van der Waals surface area contributed by atoms with E-state index in [4.69, 9.17) is 4.74 Å². The van der Waals surface area contributed by atoms with Crippen LogP contribution in [0.5, 0.6) is 5.75 Å². The van der Waals surface area contributed by atoms with Crippen molar-refractivity contribution in [3.63, 3.8) is 0 Å². The van der Waals surface area contributed by atoms with Crippen molar-refractivity contribution >= 4 is 22.4 Å². The zero-order valence-electron chi connectivity index (χ0n) is 11.9. The number of piperazine rings is 1. The number of methoxy groups -OCH3 is 1. The lowest BCUT2D eigenvalue weighted by Crippen LogP contribution is -2.51. The van der Waals surface area contributed by atoms with Crippen molar-refractivity contribution in [2.24, 2.45) is 0 Å². The van der Waals surface area contributed by atoms with Crippen molar-refractivity contribution in [1.82, 2.24) is 9.62 Å². The Hall–Kier alpha value is -0.820. The summed E-state index contributed by atoms with van der Waals surface area (Å²) in [4.78, 5) is 0.333. The fourth-order valence-corrected chi connectivity index (χ4v) is 3.89. The molecule has 1 atom stereocenters. The molecule has 1 aliphatic heterocycles. The number of hydrogen-bond acceptors (Lipinski definition) is 4. The van der Waals surface area contributed by atoms with Gasteiger partial charge in [0.15, 0.2) is 0 Å². The highest BCUT2D eigenvalue weighted by Gasteiger charge is 2.28. The number of halogens is 1. The van der Waals surface area contributed by atoms with E-state index < -0.39 is 10.0 Å². The molecular formula is C13H21ClN2O3S. The quantitative estimate of drug-likeness (QED) is 0.915. The molecule has 20 heavy (non-hydrogen) atoms. The molecule has 0 aromatic heterocycles. The van der Waals surface area contributed by atoms with Crippen LogP contribution < -0.4 is 10.1 Å². The average Bonchev–Trinajstić information content (AvgIpc) is 2.38. The molecule has 1 aromatic carbocycles. The zero-order valence-corrected chi connectivity index (χ0v) is 13.6. The Bertz CT molecular complexity index is 563. The molecule has 0 bridgehead atoms. The second-order valence-corrected chi connectivity index (χ2v) is 6.79. The molecule has 1 aliphatic rings. The highest BCUT2D eigenvalue weighted by Crippen LogP contribution is 2.24. The summed E-state index contributed by atoms with van der Waals surface area (Å²) in [6, 6.07) is 5.16. The molecule has 7 heteroatoms. The van der Waals surface area contributed by atoms with Gasteiger partial charge in [-0.2, -0.15) is 4.31 Å². The Kier molecular flexibility index (Phi) is 5.82. The van der Waals surface area contributed by atoms with Gasteiger partial charge in [0, 0.05) is 25.7 Å². The van der Waals surface area contributed by atoms with Gasteiger partial charge < -0.3 is 10.1 Å². The molecule has 0 radical (unpaired) electrons. The molecule has 1 saturated heterocycles. The van der Waals surface area contributed by atoms with E-state index in [0.29, 0.717) is 30.3 Å². The monoisotopic (exact) mass is 320 g/mol. The highest BCUT2D eigenvalue weighted by molar-refractivity contribution is 7.89. The van der Waals surface area contributed by atoms with E-state index in [0.717, 1.165) is 5.56 Å². The van der Waals surface area contributed by atoms with Gasteiger partial charge in [0.1, 0.15) is 5.75 Å². The fourth-order valence-electron chi connectivity index (χ4n) is 2.28. The van der Waals surface area contributed by atoms with Gasteiger partial charge in [-0.3, -0.25) is 0 Å². The van der Waals surface area contributed by atoms with Gasteiger partial charge in [0.05, 0.1) is 12.0 Å². The molecule has 1 heterocycles. The lowest BCUT2D eigenvalue weighted by molar-refractivity contribution is 0.310. The van der Waals surface area contributed by atoms with E-state index in [1.807, 2.05) is 13.8 Å². The molecule has 0 aliphatic carbocycles. The van der Waals surface area contributed by atoms with Crippen LogP contribution in [0.4, 0.5) is 0 Å². The minimum absolute atomic E-state index is 0. The van der Waals surface area contributed by atoms with E-state index in [-0.39, 0.29) is 18.4 Å².